The Balaban J connectivity index is 1.72. The first-order chi connectivity index (χ1) is 11.5. The zero-order chi connectivity index (χ0) is 17.1. The lowest BCUT2D eigenvalue weighted by Gasteiger charge is -2.04. The average Bonchev–Trinajstić information content (AvgIpc) is 2.95. The van der Waals surface area contributed by atoms with Crippen molar-refractivity contribution in [1.82, 2.24) is 14.9 Å². The maximum atomic E-state index is 11.1. The van der Waals surface area contributed by atoms with Crippen molar-refractivity contribution in [3.8, 4) is 11.4 Å². The van der Waals surface area contributed by atoms with E-state index in [1.165, 1.54) is 16.4 Å². The molecule has 1 aromatic heterocycles. The van der Waals surface area contributed by atoms with Crippen molar-refractivity contribution in [3.05, 3.63) is 64.7 Å². The Bertz CT molecular complexity index is 861. The van der Waals surface area contributed by atoms with Gasteiger partial charge < -0.3 is 11.6 Å². The second-order valence-electron chi connectivity index (χ2n) is 5.03. The van der Waals surface area contributed by atoms with Gasteiger partial charge in [-0.3, -0.25) is 4.79 Å². The Morgan fingerprint density at radius 2 is 1.75 bits per heavy atom. The van der Waals surface area contributed by atoms with Gasteiger partial charge in [0.1, 0.15) is 0 Å². The highest BCUT2D eigenvalue weighted by molar-refractivity contribution is 7.98. The fraction of sp³-hybridized carbons (Fsp3) is 0.0625. The molecule has 8 heteroatoms. The topological polar surface area (TPSA) is 99.8 Å². The first-order valence-corrected chi connectivity index (χ1v) is 8.39. The van der Waals surface area contributed by atoms with Gasteiger partial charge in [-0.15, -0.1) is 10.2 Å². The highest BCUT2D eigenvalue weighted by atomic mass is 35.5. The number of thioether (sulfide) groups is 1. The van der Waals surface area contributed by atoms with Crippen molar-refractivity contribution in [3.63, 3.8) is 0 Å². The van der Waals surface area contributed by atoms with Gasteiger partial charge in [-0.2, -0.15) is 0 Å². The number of nitrogens with zero attached hydrogens (tertiary/aromatic N) is 3. The van der Waals surface area contributed by atoms with Crippen LogP contribution >= 0.6 is 23.4 Å². The molecule has 0 saturated carbocycles. The van der Waals surface area contributed by atoms with E-state index in [1.807, 2.05) is 24.3 Å². The van der Waals surface area contributed by atoms with Crippen molar-refractivity contribution < 1.29 is 4.79 Å². The van der Waals surface area contributed by atoms with E-state index in [-0.39, 0.29) is 0 Å². The fourth-order valence-corrected chi connectivity index (χ4v) is 3.02. The molecule has 4 N–H and O–H groups in total. The number of nitrogens with two attached hydrogens (primary N) is 2. The summed E-state index contributed by atoms with van der Waals surface area (Å²) >= 11 is 7.34. The molecule has 1 amide bonds. The maximum absolute atomic E-state index is 11.1. The van der Waals surface area contributed by atoms with Crippen molar-refractivity contribution in [2.75, 3.05) is 5.84 Å². The number of carbonyl (C=O) groups excluding carboxylic acids is 1. The molecular weight excluding hydrogens is 346 g/mol. The number of rotatable bonds is 5. The SMILES string of the molecule is NC(=O)c1ccc(CSc2nnc(-c3ccc(Cl)cc3)n2N)cc1. The molecule has 1 heterocycles. The van der Waals surface area contributed by atoms with Crippen molar-refractivity contribution >= 4 is 29.3 Å². The zero-order valence-corrected chi connectivity index (χ0v) is 14.1. The molecule has 122 valence electrons. The number of carbonyl (C=O) groups is 1. The summed E-state index contributed by atoms with van der Waals surface area (Å²) in [6, 6.07) is 14.3. The minimum absolute atomic E-state index is 0.441. The zero-order valence-electron chi connectivity index (χ0n) is 12.5. The molecule has 2 aromatic carbocycles. The molecule has 0 atom stereocenters. The van der Waals surface area contributed by atoms with Crippen LogP contribution < -0.4 is 11.6 Å². The van der Waals surface area contributed by atoms with Gasteiger partial charge in [0.05, 0.1) is 0 Å². The molecule has 3 aromatic rings. The summed E-state index contributed by atoms with van der Waals surface area (Å²) in [5.74, 6) is 6.85. The molecule has 0 aliphatic carbocycles. The first kappa shape index (κ1) is 16.4. The van der Waals surface area contributed by atoms with Crippen LogP contribution in [0.25, 0.3) is 11.4 Å². The Morgan fingerprint density at radius 1 is 1.08 bits per heavy atom. The molecule has 0 spiro atoms. The third kappa shape index (κ3) is 3.52. The number of benzene rings is 2. The summed E-state index contributed by atoms with van der Waals surface area (Å²) in [4.78, 5) is 11.1. The molecule has 3 rings (SSSR count). The van der Waals surface area contributed by atoms with Crippen LogP contribution in [0.5, 0.6) is 0 Å². The number of primary amides is 1. The lowest BCUT2D eigenvalue weighted by Crippen LogP contribution is -2.11. The van der Waals surface area contributed by atoms with Crippen LogP contribution in [0.15, 0.2) is 53.7 Å². The number of amides is 1. The Hall–Kier alpha value is -2.51. The summed E-state index contributed by atoms with van der Waals surface area (Å²) in [7, 11) is 0. The molecule has 0 saturated heterocycles. The van der Waals surface area contributed by atoms with Gasteiger partial charge in [-0.1, -0.05) is 35.5 Å². The van der Waals surface area contributed by atoms with Gasteiger partial charge in [0, 0.05) is 21.9 Å². The summed E-state index contributed by atoms with van der Waals surface area (Å²) in [5.41, 5.74) is 7.58. The van der Waals surface area contributed by atoms with E-state index in [1.54, 1.807) is 24.3 Å². The van der Waals surface area contributed by atoms with E-state index in [0.29, 0.717) is 27.3 Å². The van der Waals surface area contributed by atoms with E-state index in [0.717, 1.165) is 11.1 Å². The Kier molecular flexibility index (Phi) is 4.73. The maximum Gasteiger partial charge on any atom is 0.248 e. The average molecular weight is 360 g/mol. The normalized spacial score (nSPS) is 10.7. The minimum Gasteiger partial charge on any atom is -0.366 e. The molecule has 0 aliphatic heterocycles. The number of hydrogen-bond donors (Lipinski definition) is 2. The largest absolute Gasteiger partial charge is 0.366 e. The minimum atomic E-state index is -0.441. The quantitative estimate of drug-likeness (QED) is 0.539. The lowest BCUT2D eigenvalue weighted by atomic mass is 10.1. The summed E-state index contributed by atoms with van der Waals surface area (Å²) in [6.45, 7) is 0. The Morgan fingerprint density at radius 3 is 2.38 bits per heavy atom. The Labute approximate surface area is 147 Å². The van der Waals surface area contributed by atoms with Crippen LogP contribution in [0.4, 0.5) is 0 Å². The molecule has 0 unspecified atom stereocenters. The number of aromatic nitrogens is 3. The van der Waals surface area contributed by atoms with Crippen LogP contribution in [0.3, 0.4) is 0 Å². The van der Waals surface area contributed by atoms with Gasteiger partial charge >= 0.3 is 0 Å². The molecule has 6 nitrogen and oxygen atoms in total. The summed E-state index contributed by atoms with van der Waals surface area (Å²) < 4.78 is 1.45. The van der Waals surface area contributed by atoms with E-state index < -0.39 is 5.91 Å². The van der Waals surface area contributed by atoms with Crippen molar-refractivity contribution in [2.45, 2.75) is 10.9 Å². The highest BCUT2D eigenvalue weighted by Gasteiger charge is 2.12. The molecule has 0 radical (unpaired) electrons. The third-order valence-electron chi connectivity index (χ3n) is 3.37. The van der Waals surface area contributed by atoms with Crippen LogP contribution in [0.2, 0.25) is 5.02 Å². The van der Waals surface area contributed by atoms with E-state index >= 15 is 0 Å². The van der Waals surface area contributed by atoms with Crippen LogP contribution in [-0.4, -0.2) is 20.8 Å². The van der Waals surface area contributed by atoms with Gasteiger partial charge in [0.15, 0.2) is 5.82 Å². The van der Waals surface area contributed by atoms with Crippen LogP contribution in [0, 0.1) is 0 Å². The molecule has 0 bridgehead atoms. The van der Waals surface area contributed by atoms with Crippen LogP contribution in [0.1, 0.15) is 15.9 Å². The standard InChI is InChI=1S/C16H14ClN5OS/c17-13-7-5-12(6-8-13)15-20-21-16(22(15)19)24-9-10-1-3-11(4-2-10)14(18)23/h1-8H,9,19H2,(H2,18,23). The molecule has 0 aliphatic rings. The van der Waals surface area contributed by atoms with Gasteiger partial charge in [-0.05, 0) is 42.0 Å². The van der Waals surface area contributed by atoms with E-state index in [2.05, 4.69) is 10.2 Å². The second kappa shape index (κ2) is 6.94. The first-order valence-electron chi connectivity index (χ1n) is 7.02. The third-order valence-corrected chi connectivity index (χ3v) is 4.64. The van der Waals surface area contributed by atoms with Gasteiger partial charge in [-0.25, -0.2) is 4.68 Å². The lowest BCUT2D eigenvalue weighted by molar-refractivity contribution is 0.100. The highest BCUT2D eigenvalue weighted by Crippen LogP contribution is 2.25. The second-order valence-corrected chi connectivity index (χ2v) is 6.41. The van der Waals surface area contributed by atoms with Crippen molar-refractivity contribution in [1.29, 1.82) is 0 Å². The number of nitrogen functional groups attached to an aromatic ring is 1. The fourth-order valence-electron chi connectivity index (χ4n) is 2.08. The van der Waals surface area contributed by atoms with Crippen molar-refractivity contribution in [2.24, 2.45) is 5.73 Å². The van der Waals surface area contributed by atoms with Gasteiger partial charge in [0.25, 0.3) is 0 Å². The van der Waals surface area contributed by atoms with E-state index in [4.69, 9.17) is 23.2 Å². The molecule has 0 fully saturated rings. The smallest absolute Gasteiger partial charge is 0.248 e. The predicted molar refractivity (Wildman–Crippen MR) is 95.1 cm³/mol. The number of hydrogen-bond acceptors (Lipinski definition) is 5. The molecule has 24 heavy (non-hydrogen) atoms. The van der Waals surface area contributed by atoms with Crippen LogP contribution in [-0.2, 0) is 5.75 Å². The van der Waals surface area contributed by atoms with E-state index in [9.17, 15) is 4.79 Å². The number of halogens is 1. The van der Waals surface area contributed by atoms with Gasteiger partial charge in [0.2, 0.25) is 11.1 Å². The predicted octanol–water partition coefficient (Wildman–Crippen LogP) is 2.70. The summed E-state index contributed by atoms with van der Waals surface area (Å²) in [5, 5.41) is 9.49. The molecular formula is C16H14ClN5OS. The monoisotopic (exact) mass is 359 g/mol. The summed E-state index contributed by atoms with van der Waals surface area (Å²) in [6.07, 6.45) is 0.